The van der Waals surface area contributed by atoms with Crippen LogP contribution in [0.3, 0.4) is 0 Å². The van der Waals surface area contributed by atoms with E-state index in [9.17, 15) is 4.39 Å². The van der Waals surface area contributed by atoms with Gasteiger partial charge in [-0.05, 0) is 35.9 Å². The third-order valence-electron chi connectivity index (χ3n) is 5.20. The maximum atomic E-state index is 14.2. The van der Waals surface area contributed by atoms with Crippen LogP contribution < -0.4 is 4.74 Å². The number of rotatable bonds is 6. The van der Waals surface area contributed by atoms with Gasteiger partial charge in [-0.1, -0.05) is 49.4 Å². The largest absolute Gasteiger partial charge is 0.481 e. The molecule has 1 unspecified atom stereocenters. The maximum Gasteiger partial charge on any atom is 0.216 e. The SMILES string of the molecule is COc1nc(-c2ccc3cccc(F)c3c2)ccc1CC(c1nn[nH]n1)C(C)C. The van der Waals surface area contributed by atoms with Crippen LogP contribution in [-0.2, 0) is 6.42 Å². The highest BCUT2D eigenvalue weighted by atomic mass is 19.1. The second-order valence-corrected chi connectivity index (χ2v) is 7.37. The van der Waals surface area contributed by atoms with E-state index < -0.39 is 0 Å². The summed E-state index contributed by atoms with van der Waals surface area (Å²) in [4.78, 5) is 4.68. The van der Waals surface area contributed by atoms with Gasteiger partial charge in [0.15, 0.2) is 5.82 Å². The Hall–Kier alpha value is -3.35. The van der Waals surface area contributed by atoms with Gasteiger partial charge in [0.25, 0.3) is 0 Å². The van der Waals surface area contributed by atoms with Crippen molar-refractivity contribution in [3.05, 3.63) is 65.7 Å². The zero-order valence-electron chi connectivity index (χ0n) is 16.6. The van der Waals surface area contributed by atoms with Gasteiger partial charge in [0.2, 0.25) is 5.88 Å². The van der Waals surface area contributed by atoms with Crippen molar-refractivity contribution >= 4 is 10.8 Å². The summed E-state index contributed by atoms with van der Waals surface area (Å²) >= 11 is 0. The summed E-state index contributed by atoms with van der Waals surface area (Å²) in [5.74, 6) is 1.39. The van der Waals surface area contributed by atoms with Crippen molar-refractivity contribution in [2.24, 2.45) is 5.92 Å². The number of aromatic amines is 1. The third-order valence-corrected chi connectivity index (χ3v) is 5.20. The molecule has 0 aliphatic rings. The van der Waals surface area contributed by atoms with E-state index in [1.165, 1.54) is 6.07 Å². The van der Waals surface area contributed by atoms with Crippen LogP contribution in [0.15, 0.2) is 48.5 Å². The van der Waals surface area contributed by atoms with Crippen molar-refractivity contribution in [3.63, 3.8) is 0 Å². The molecule has 0 aliphatic carbocycles. The van der Waals surface area contributed by atoms with Crippen LogP contribution in [0, 0.1) is 11.7 Å². The van der Waals surface area contributed by atoms with E-state index in [1.807, 2.05) is 36.4 Å². The molecule has 4 rings (SSSR count). The molecule has 0 spiro atoms. The average Bonchev–Trinajstić information content (AvgIpc) is 3.26. The number of methoxy groups -OCH3 is 1. The zero-order valence-corrected chi connectivity index (χ0v) is 16.6. The minimum atomic E-state index is -0.243. The lowest BCUT2D eigenvalue weighted by molar-refractivity contribution is 0.386. The van der Waals surface area contributed by atoms with E-state index in [0.29, 0.717) is 29.4 Å². The molecule has 0 bridgehead atoms. The van der Waals surface area contributed by atoms with E-state index in [2.05, 4.69) is 39.5 Å². The lowest BCUT2D eigenvalue weighted by atomic mass is 9.88. The van der Waals surface area contributed by atoms with Gasteiger partial charge in [0.05, 0.1) is 12.8 Å². The number of aromatic nitrogens is 5. The standard InChI is InChI=1S/C22H22FN5O/c1-13(2)17(21-25-27-28-26-21)12-16-9-10-20(24-22(16)29-3)15-8-7-14-5-4-6-19(23)18(14)11-15/h4-11,13,17H,12H2,1-3H3,(H,25,26,27,28). The van der Waals surface area contributed by atoms with E-state index in [1.54, 1.807) is 13.2 Å². The lowest BCUT2D eigenvalue weighted by Gasteiger charge is -2.18. The molecule has 4 aromatic rings. The van der Waals surface area contributed by atoms with Crippen molar-refractivity contribution in [3.8, 4) is 17.1 Å². The van der Waals surface area contributed by atoms with Crippen molar-refractivity contribution in [1.29, 1.82) is 0 Å². The smallest absolute Gasteiger partial charge is 0.216 e. The molecule has 0 fully saturated rings. The quantitative estimate of drug-likeness (QED) is 0.522. The van der Waals surface area contributed by atoms with Crippen LogP contribution in [0.1, 0.15) is 31.2 Å². The monoisotopic (exact) mass is 391 g/mol. The van der Waals surface area contributed by atoms with Crippen molar-refractivity contribution in [2.75, 3.05) is 7.11 Å². The number of pyridine rings is 1. The predicted molar refractivity (Wildman–Crippen MR) is 109 cm³/mol. The first-order chi connectivity index (χ1) is 14.1. The number of hydrogen-bond donors (Lipinski definition) is 1. The summed E-state index contributed by atoms with van der Waals surface area (Å²) in [6.07, 6.45) is 0.681. The molecule has 0 aliphatic heterocycles. The van der Waals surface area contributed by atoms with Crippen LogP contribution in [0.4, 0.5) is 4.39 Å². The summed E-state index contributed by atoms with van der Waals surface area (Å²) in [6, 6.07) is 14.7. The molecule has 148 valence electrons. The van der Waals surface area contributed by atoms with Gasteiger partial charge in [-0.15, -0.1) is 10.2 Å². The molecule has 6 nitrogen and oxygen atoms in total. The van der Waals surface area contributed by atoms with Crippen LogP contribution in [0.2, 0.25) is 0 Å². The number of nitrogens with one attached hydrogen (secondary N) is 1. The molecule has 0 radical (unpaired) electrons. The van der Waals surface area contributed by atoms with Gasteiger partial charge in [-0.2, -0.15) is 5.21 Å². The normalized spacial score (nSPS) is 12.4. The first-order valence-corrected chi connectivity index (χ1v) is 9.52. The third kappa shape index (κ3) is 3.81. The lowest BCUT2D eigenvalue weighted by Crippen LogP contribution is -2.13. The first-order valence-electron chi connectivity index (χ1n) is 9.52. The van der Waals surface area contributed by atoms with Crippen LogP contribution in [0.5, 0.6) is 5.88 Å². The number of hydrogen-bond acceptors (Lipinski definition) is 5. The number of benzene rings is 2. The average molecular weight is 391 g/mol. The molecule has 2 heterocycles. The highest BCUT2D eigenvalue weighted by Gasteiger charge is 2.23. The molecule has 1 atom stereocenters. The molecular weight excluding hydrogens is 369 g/mol. The number of tetrazole rings is 1. The maximum absolute atomic E-state index is 14.2. The van der Waals surface area contributed by atoms with Crippen molar-refractivity contribution < 1.29 is 9.13 Å². The summed E-state index contributed by atoms with van der Waals surface area (Å²) in [5.41, 5.74) is 2.54. The van der Waals surface area contributed by atoms with Crippen LogP contribution in [-0.4, -0.2) is 32.7 Å². The molecule has 0 saturated heterocycles. The van der Waals surface area contributed by atoms with E-state index in [-0.39, 0.29) is 11.7 Å². The highest BCUT2D eigenvalue weighted by Crippen LogP contribution is 2.32. The Morgan fingerprint density at radius 2 is 1.97 bits per heavy atom. The van der Waals surface area contributed by atoms with Gasteiger partial charge in [0.1, 0.15) is 5.82 Å². The molecule has 2 aromatic heterocycles. The van der Waals surface area contributed by atoms with Gasteiger partial charge in [-0.25, -0.2) is 9.37 Å². The highest BCUT2D eigenvalue weighted by molar-refractivity contribution is 5.87. The van der Waals surface area contributed by atoms with Gasteiger partial charge in [0, 0.05) is 22.4 Å². The number of nitrogens with zero attached hydrogens (tertiary/aromatic N) is 4. The summed E-state index contributed by atoms with van der Waals surface area (Å²) in [5, 5.41) is 15.9. The zero-order chi connectivity index (χ0) is 20.4. The first kappa shape index (κ1) is 19.0. The van der Waals surface area contributed by atoms with Gasteiger partial charge >= 0.3 is 0 Å². The molecular formula is C22H22FN5O. The second kappa shape index (κ2) is 7.95. The number of H-pyrrole nitrogens is 1. The fraction of sp³-hybridized carbons (Fsp3) is 0.273. The topological polar surface area (TPSA) is 76.6 Å². The van der Waals surface area contributed by atoms with E-state index in [4.69, 9.17) is 4.74 Å². The Morgan fingerprint density at radius 3 is 2.69 bits per heavy atom. The number of halogens is 1. The number of fused-ring (bicyclic) bond motifs is 1. The molecule has 7 heteroatoms. The van der Waals surface area contributed by atoms with Gasteiger partial charge in [-0.3, -0.25) is 0 Å². The second-order valence-electron chi connectivity index (χ2n) is 7.37. The Bertz CT molecular complexity index is 1130. The van der Waals surface area contributed by atoms with E-state index >= 15 is 0 Å². The Kier molecular flexibility index (Phi) is 5.20. The van der Waals surface area contributed by atoms with Crippen LogP contribution >= 0.6 is 0 Å². The molecule has 1 N–H and O–H groups in total. The summed E-state index contributed by atoms with van der Waals surface area (Å²) < 4.78 is 19.7. The predicted octanol–water partition coefficient (Wildman–Crippen LogP) is 4.54. The molecule has 29 heavy (non-hydrogen) atoms. The fourth-order valence-electron chi connectivity index (χ4n) is 3.54. The molecule has 0 amide bonds. The Morgan fingerprint density at radius 1 is 1.10 bits per heavy atom. The fourth-order valence-corrected chi connectivity index (χ4v) is 3.54. The Balaban J connectivity index is 1.69. The van der Waals surface area contributed by atoms with Crippen molar-refractivity contribution in [2.45, 2.75) is 26.2 Å². The Labute approximate surface area is 168 Å². The summed E-state index contributed by atoms with van der Waals surface area (Å²) in [7, 11) is 1.61. The molecule has 2 aromatic carbocycles. The molecule has 0 saturated carbocycles. The number of ether oxygens (including phenoxy) is 1. The van der Waals surface area contributed by atoms with Gasteiger partial charge < -0.3 is 4.74 Å². The minimum absolute atomic E-state index is 0.0880. The van der Waals surface area contributed by atoms with E-state index in [0.717, 1.165) is 22.2 Å². The van der Waals surface area contributed by atoms with Crippen LogP contribution in [0.25, 0.3) is 22.0 Å². The van der Waals surface area contributed by atoms with Crippen molar-refractivity contribution in [1.82, 2.24) is 25.6 Å². The minimum Gasteiger partial charge on any atom is -0.481 e. The summed E-state index contributed by atoms with van der Waals surface area (Å²) in [6.45, 7) is 4.25.